The molecule has 0 aliphatic carbocycles. The van der Waals surface area contributed by atoms with E-state index in [1.165, 1.54) is 0 Å². The molecule has 90 valence electrons. The summed E-state index contributed by atoms with van der Waals surface area (Å²) in [5.74, 6) is 0.578. The van der Waals surface area contributed by atoms with Crippen LogP contribution in [0.1, 0.15) is 25.3 Å². The van der Waals surface area contributed by atoms with Gasteiger partial charge in [0.2, 0.25) is 0 Å². The number of ether oxygens (including phenoxy) is 1. The Labute approximate surface area is 102 Å². The van der Waals surface area contributed by atoms with Crippen LogP contribution in [0.2, 0.25) is 0 Å². The fraction of sp³-hybridized carbons (Fsp3) is 0.538. The predicted octanol–water partition coefficient (Wildman–Crippen LogP) is 2.97. The Kier molecular flexibility index (Phi) is 5.81. The van der Waals surface area contributed by atoms with E-state index in [9.17, 15) is 5.11 Å². The lowest BCUT2D eigenvalue weighted by molar-refractivity contribution is -0.0445. The summed E-state index contributed by atoms with van der Waals surface area (Å²) in [5, 5.41) is 9.94. The molecule has 0 saturated heterocycles. The highest BCUT2D eigenvalue weighted by Gasteiger charge is 2.19. The first kappa shape index (κ1) is 13.5. The zero-order valence-electron chi connectivity index (χ0n) is 9.66. The minimum absolute atomic E-state index is 0.346. The summed E-state index contributed by atoms with van der Waals surface area (Å²) in [4.78, 5) is 0. The Morgan fingerprint density at radius 3 is 2.62 bits per heavy atom. The van der Waals surface area contributed by atoms with Crippen LogP contribution in [0.25, 0.3) is 0 Å². The molecule has 1 atom stereocenters. The molecule has 0 saturated carbocycles. The normalized spacial score (nSPS) is 14.7. The van der Waals surface area contributed by atoms with E-state index in [-0.39, 0.29) is 0 Å². The third kappa shape index (κ3) is 5.50. The number of rotatable bonds is 7. The molecule has 0 aliphatic rings. The molecule has 3 heteroatoms. The van der Waals surface area contributed by atoms with Crippen molar-refractivity contribution in [2.24, 2.45) is 0 Å². The SMILES string of the molecule is CC(O)(CCCCl)COCc1ccccc1. The monoisotopic (exact) mass is 242 g/mol. The first-order valence-corrected chi connectivity index (χ1v) is 6.07. The lowest BCUT2D eigenvalue weighted by Gasteiger charge is -2.22. The maximum Gasteiger partial charge on any atom is 0.0852 e. The van der Waals surface area contributed by atoms with E-state index in [0.717, 1.165) is 12.0 Å². The van der Waals surface area contributed by atoms with Crippen LogP contribution >= 0.6 is 11.6 Å². The van der Waals surface area contributed by atoms with Crippen LogP contribution in [-0.2, 0) is 11.3 Å². The van der Waals surface area contributed by atoms with Crippen LogP contribution in [0.5, 0.6) is 0 Å². The Bertz CT molecular complexity index is 285. The van der Waals surface area contributed by atoms with Crippen molar-refractivity contribution in [2.75, 3.05) is 12.5 Å². The van der Waals surface area contributed by atoms with Crippen LogP contribution in [0.4, 0.5) is 0 Å². The molecule has 0 spiro atoms. The van der Waals surface area contributed by atoms with Crippen molar-refractivity contribution < 1.29 is 9.84 Å². The fourth-order valence-electron chi connectivity index (χ4n) is 1.48. The van der Waals surface area contributed by atoms with E-state index in [4.69, 9.17) is 16.3 Å². The van der Waals surface area contributed by atoms with Gasteiger partial charge in [-0.3, -0.25) is 0 Å². The molecule has 16 heavy (non-hydrogen) atoms. The van der Waals surface area contributed by atoms with E-state index in [0.29, 0.717) is 25.5 Å². The van der Waals surface area contributed by atoms with Crippen LogP contribution in [0.3, 0.4) is 0 Å². The van der Waals surface area contributed by atoms with E-state index in [2.05, 4.69) is 0 Å². The molecule has 2 nitrogen and oxygen atoms in total. The minimum atomic E-state index is -0.774. The highest BCUT2D eigenvalue weighted by atomic mass is 35.5. The molecular weight excluding hydrogens is 224 g/mol. The highest BCUT2D eigenvalue weighted by Crippen LogP contribution is 2.14. The highest BCUT2D eigenvalue weighted by molar-refractivity contribution is 6.17. The van der Waals surface area contributed by atoms with E-state index in [1.54, 1.807) is 6.92 Å². The topological polar surface area (TPSA) is 29.5 Å². The zero-order chi connectivity index (χ0) is 11.9. The van der Waals surface area contributed by atoms with Gasteiger partial charge >= 0.3 is 0 Å². The number of halogens is 1. The molecule has 0 fully saturated rings. The molecule has 1 unspecified atom stereocenters. The van der Waals surface area contributed by atoms with Crippen molar-refractivity contribution in [3.8, 4) is 0 Å². The third-order valence-electron chi connectivity index (χ3n) is 2.37. The van der Waals surface area contributed by atoms with Gasteiger partial charge in [0.05, 0.1) is 18.8 Å². The van der Waals surface area contributed by atoms with Crippen molar-refractivity contribution in [1.82, 2.24) is 0 Å². The Morgan fingerprint density at radius 1 is 1.31 bits per heavy atom. The zero-order valence-corrected chi connectivity index (χ0v) is 10.4. The predicted molar refractivity (Wildman–Crippen MR) is 66.7 cm³/mol. The fourth-order valence-corrected chi connectivity index (χ4v) is 1.62. The Balaban J connectivity index is 2.24. The largest absolute Gasteiger partial charge is 0.388 e. The van der Waals surface area contributed by atoms with Crippen molar-refractivity contribution in [3.05, 3.63) is 35.9 Å². The maximum atomic E-state index is 9.94. The maximum absolute atomic E-state index is 9.94. The van der Waals surface area contributed by atoms with Gasteiger partial charge < -0.3 is 9.84 Å². The molecular formula is C13H19ClO2. The molecule has 0 aliphatic heterocycles. The van der Waals surface area contributed by atoms with Gasteiger partial charge in [0, 0.05) is 5.88 Å². The molecule has 0 heterocycles. The second-order valence-electron chi connectivity index (χ2n) is 4.27. The molecule has 0 bridgehead atoms. The van der Waals surface area contributed by atoms with E-state index in [1.807, 2.05) is 30.3 Å². The van der Waals surface area contributed by atoms with Gasteiger partial charge in [0.25, 0.3) is 0 Å². The van der Waals surface area contributed by atoms with Crippen LogP contribution < -0.4 is 0 Å². The lowest BCUT2D eigenvalue weighted by atomic mass is 10.0. The summed E-state index contributed by atoms with van der Waals surface area (Å²) in [6, 6.07) is 9.94. The number of hydrogen-bond donors (Lipinski definition) is 1. The first-order valence-electron chi connectivity index (χ1n) is 5.54. The number of alkyl halides is 1. The Morgan fingerprint density at radius 2 is 2.00 bits per heavy atom. The van der Waals surface area contributed by atoms with Gasteiger partial charge in [0.15, 0.2) is 0 Å². The molecule has 1 rings (SSSR count). The van der Waals surface area contributed by atoms with Crippen LogP contribution in [0, 0.1) is 0 Å². The number of hydrogen-bond acceptors (Lipinski definition) is 2. The standard InChI is InChI=1S/C13H19ClO2/c1-13(15,8-5-9-14)11-16-10-12-6-3-2-4-7-12/h2-4,6-7,15H,5,8-11H2,1H3. The van der Waals surface area contributed by atoms with Gasteiger partial charge in [-0.25, -0.2) is 0 Å². The molecule has 1 N–H and O–H groups in total. The Hall–Kier alpha value is -0.570. The summed E-state index contributed by atoms with van der Waals surface area (Å²) >= 11 is 5.59. The molecule has 0 aromatic heterocycles. The molecule has 1 aromatic rings. The molecule has 0 amide bonds. The van der Waals surface area contributed by atoms with Crippen molar-refractivity contribution in [1.29, 1.82) is 0 Å². The van der Waals surface area contributed by atoms with Gasteiger partial charge in [-0.2, -0.15) is 0 Å². The van der Waals surface area contributed by atoms with Crippen molar-refractivity contribution >= 4 is 11.6 Å². The summed E-state index contributed by atoms with van der Waals surface area (Å²) in [6.07, 6.45) is 1.48. The summed E-state index contributed by atoms with van der Waals surface area (Å²) in [5.41, 5.74) is 0.347. The smallest absolute Gasteiger partial charge is 0.0852 e. The summed E-state index contributed by atoms with van der Waals surface area (Å²) in [6.45, 7) is 2.67. The molecule has 0 radical (unpaired) electrons. The molecule has 1 aromatic carbocycles. The second kappa shape index (κ2) is 6.89. The average molecular weight is 243 g/mol. The minimum Gasteiger partial charge on any atom is -0.388 e. The van der Waals surface area contributed by atoms with Gasteiger partial charge in [-0.1, -0.05) is 30.3 Å². The third-order valence-corrected chi connectivity index (χ3v) is 2.64. The number of benzene rings is 1. The quantitative estimate of drug-likeness (QED) is 0.745. The first-order chi connectivity index (χ1) is 7.64. The summed E-state index contributed by atoms with van der Waals surface area (Å²) in [7, 11) is 0. The van der Waals surface area contributed by atoms with Gasteiger partial charge in [0.1, 0.15) is 0 Å². The van der Waals surface area contributed by atoms with Crippen molar-refractivity contribution in [3.63, 3.8) is 0 Å². The lowest BCUT2D eigenvalue weighted by Crippen LogP contribution is -2.30. The average Bonchev–Trinajstić information content (AvgIpc) is 2.28. The van der Waals surface area contributed by atoms with Gasteiger partial charge in [-0.15, -0.1) is 11.6 Å². The van der Waals surface area contributed by atoms with Crippen LogP contribution in [-0.4, -0.2) is 23.2 Å². The van der Waals surface area contributed by atoms with Crippen molar-refractivity contribution in [2.45, 2.75) is 32.0 Å². The second-order valence-corrected chi connectivity index (χ2v) is 4.65. The van der Waals surface area contributed by atoms with E-state index >= 15 is 0 Å². The van der Waals surface area contributed by atoms with E-state index < -0.39 is 5.60 Å². The number of aliphatic hydroxyl groups is 1. The summed E-state index contributed by atoms with van der Waals surface area (Å²) < 4.78 is 5.49. The van der Waals surface area contributed by atoms with Gasteiger partial charge in [-0.05, 0) is 25.3 Å². The van der Waals surface area contributed by atoms with Crippen LogP contribution in [0.15, 0.2) is 30.3 Å².